The van der Waals surface area contributed by atoms with Crippen LogP contribution in [0.5, 0.6) is 5.75 Å². The average Bonchev–Trinajstić information content (AvgIpc) is 2.48. The lowest BCUT2D eigenvalue weighted by Gasteiger charge is -2.29. The SMILES string of the molecule is CCOc1ccc(C(N)(CC)c2ccccc2)cc1. The minimum absolute atomic E-state index is 0.438. The summed E-state index contributed by atoms with van der Waals surface area (Å²) in [5, 5.41) is 0. The molecule has 0 amide bonds. The van der Waals surface area contributed by atoms with Crippen molar-refractivity contribution in [1.29, 1.82) is 0 Å². The Bertz CT molecular complexity index is 507. The molecule has 1 unspecified atom stereocenters. The Morgan fingerprint density at radius 2 is 1.47 bits per heavy atom. The molecule has 100 valence electrons. The van der Waals surface area contributed by atoms with Gasteiger partial charge in [0.1, 0.15) is 5.75 Å². The minimum atomic E-state index is -0.438. The first-order valence-corrected chi connectivity index (χ1v) is 6.78. The summed E-state index contributed by atoms with van der Waals surface area (Å²) in [6, 6.07) is 18.3. The lowest BCUT2D eigenvalue weighted by atomic mass is 9.82. The van der Waals surface area contributed by atoms with Crippen molar-refractivity contribution in [2.75, 3.05) is 6.61 Å². The number of hydrogen-bond acceptors (Lipinski definition) is 2. The molecule has 0 aliphatic rings. The predicted molar refractivity (Wildman–Crippen MR) is 79.3 cm³/mol. The second-order valence-electron chi connectivity index (χ2n) is 4.65. The van der Waals surface area contributed by atoms with Crippen molar-refractivity contribution in [3.63, 3.8) is 0 Å². The Hall–Kier alpha value is -1.80. The molecule has 0 aromatic heterocycles. The van der Waals surface area contributed by atoms with Gasteiger partial charge in [0.05, 0.1) is 12.1 Å². The highest BCUT2D eigenvalue weighted by Crippen LogP contribution is 2.31. The Labute approximate surface area is 115 Å². The molecule has 0 radical (unpaired) electrons. The van der Waals surface area contributed by atoms with Crippen molar-refractivity contribution in [1.82, 2.24) is 0 Å². The number of ether oxygens (including phenoxy) is 1. The molecule has 2 heteroatoms. The van der Waals surface area contributed by atoms with E-state index in [9.17, 15) is 0 Å². The van der Waals surface area contributed by atoms with E-state index in [-0.39, 0.29) is 0 Å². The van der Waals surface area contributed by atoms with Gasteiger partial charge in [-0.3, -0.25) is 0 Å². The normalized spacial score (nSPS) is 13.8. The van der Waals surface area contributed by atoms with Crippen LogP contribution in [0.2, 0.25) is 0 Å². The van der Waals surface area contributed by atoms with Crippen molar-refractivity contribution < 1.29 is 4.74 Å². The lowest BCUT2D eigenvalue weighted by Crippen LogP contribution is -2.37. The van der Waals surface area contributed by atoms with Crippen LogP contribution < -0.4 is 10.5 Å². The summed E-state index contributed by atoms with van der Waals surface area (Å²) in [6.07, 6.45) is 0.852. The smallest absolute Gasteiger partial charge is 0.119 e. The molecule has 0 spiro atoms. The van der Waals surface area contributed by atoms with Crippen molar-refractivity contribution in [2.45, 2.75) is 25.8 Å². The van der Waals surface area contributed by atoms with Gasteiger partial charge in [-0.1, -0.05) is 49.4 Å². The van der Waals surface area contributed by atoms with Gasteiger partial charge in [0.2, 0.25) is 0 Å². The van der Waals surface area contributed by atoms with Crippen LogP contribution in [0, 0.1) is 0 Å². The zero-order chi connectivity index (χ0) is 13.7. The summed E-state index contributed by atoms with van der Waals surface area (Å²) < 4.78 is 5.47. The third kappa shape index (κ3) is 2.79. The van der Waals surface area contributed by atoms with Crippen LogP contribution in [0.4, 0.5) is 0 Å². The van der Waals surface area contributed by atoms with Crippen LogP contribution in [-0.4, -0.2) is 6.61 Å². The fourth-order valence-electron chi connectivity index (χ4n) is 2.33. The zero-order valence-corrected chi connectivity index (χ0v) is 11.6. The summed E-state index contributed by atoms with van der Waals surface area (Å²) in [7, 11) is 0. The Kier molecular flexibility index (Phi) is 4.23. The first-order chi connectivity index (χ1) is 9.20. The fraction of sp³-hybridized carbons (Fsp3) is 0.294. The molecule has 2 aromatic rings. The first kappa shape index (κ1) is 13.6. The number of benzene rings is 2. The molecule has 0 aliphatic carbocycles. The zero-order valence-electron chi connectivity index (χ0n) is 11.6. The van der Waals surface area contributed by atoms with Gasteiger partial charge in [-0.15, -0.1) is 0 Å². The van der Waals surface area contributed by atoms with Crippen molar-refractivity contribution in [3.8, 4) is 5.75 Å². The number of nitrogens with two attached hydrogens (primary N) is 1. The predicted octanol–water partition coefficient (Wildman–Crippen LogP) is 3.70. The molecule has 19 heavy (non-hydrogen) atoms. The van der Waals surface area contributed by atoms with Gasteiger partial charge in [-0.2, -0.15) is 0 Å². The molecule has 0 aliphatic heterocycles. The fourth-order valence-corrected chi connectivity index (χ4v) is 2.33. The second kappa shape index (κ2) is 5.89. The van der Waals surface area contributed by atoms with Gasteiger partial charge in [-0.25, -0.2) is 0 Å². The highest BCUT2D eigenvalue weighted by atomic mass is 16.5. The maximum absolute atomic E-state index is 6.62. The quantitative estimate of drug-likeness (QED) is 0.884. The molecule has 2 aromatic carbocycles. The van der Waals surface area contributed by atoms with Crippen LogP contribution >= 0.6 is 0 Å². The highest BCUT2D eigenvalue weighted by molar-refractivity contribution is 5.40. The van der Waals surface area contributed by atoms with Crippen LogP contribution in [0.3, 0.4) is 0 Å². The van der Waals surface area contributed by atoms with Gasteiger partial charge in [-0.05, 0) is 36.6 Å². The van der Waals surface area contributed by atoms with E-state index in [1.807, 2.05) is 37.3 Å². The summed E-state index contributed by atoms with van der Waals surface area (Å²) in [6.45, 7) is 4.78. The monoisotopic (exact) mass is 255 g/mol. The lowest BCUT2D eigenvalue weighted by molar-refractivity contribution is 0.340. The topological polar surface area (TPSA) is 35.2 Å². The summed E-state index contributed by atoms with van der Waals surface area (Å²) in [4.78, 5) is 0. The molecule has 0 saturated heterocycles. The molecule has 2 rings (SSSR count). The molecule has 2 nitrogen and oxygen atoms in total. The molecule has 0 saturated carbocycles. The van der Waals surface area contributed by atoms with E-state index in [0.29, 0.717) is 6.61 Å². The Morgan fingerprint density at radius 3 is 2.00 bits per heavy atom. The average molecular weight is 255 g/mol. The van der Waals surface area contributed by atoms with Gasteiger partial charge < -0.3 is 10.5 Å². The highest BCUT2D eigenvalue weighted by Gasteiger charge is 2.27. The van der Waals surface area contributed by atoms with E-state index in [1.54, 1.807) is 0 Å². The van der Waals surface area contributed by atoms with Gasteiger partial charge in [0, 0.05) is 0 Å². The van der Waals surface area contributed by atoms with Crippen molar-refractivity contribution in [2.24, 2.45) is 5.73 Å². The van der Waals surface area contributed by atoms with Crippen LogP contribution in [-0.2, 0) is 5.54 Å². The van der Waals surface area contributed by atoms with E-state index in [0.717, 1.165) is 23.3 Å². The van der Waals surface area contributed by atoms with E-state index in [4.69, 9.17) is 10.5 Å². The summed E-state index contributed by atoms with van der Waals surface area (Å²) in [5.41, 5.74) is 8.44. The minimum Gasteiger partial charge on any atom is -0.494 e. The number of rotatable bonds is 5. The van der Waals surface area contributed by atoms with Gasteiger partial charge in [0.25, 0.3) is 0 Å². The number of hydrogen-bond donors (Lipinski definition) is 1. The maximum atomic E-state index is 6.62. The van der Waals surface area contributed by atoms with Gasteiger partial charge in [0.15, 0.2) is 0 Å². The van der Waals surface area contributed by atoms with Crippen molar-refractivity contribution in [3.05, 3.63) is 65.7 Å². The largest absolute Gasteiger partial charge is 0.494 e. The summed E-state index contributed by atoms with van der Waals surface area (Å²) in [5.74, 6) is 0.887. The molecule has 2 N–H and O–H groups in total. The second-order valence-corrected chi connectivity index (χ2v) is 4.65. The Morgan fingerprint density at radius 1 is 0.895 bits per heavy atom. The molecule has 0 bridgehead atoms. The van der Waals surface area contributed by atoms with Gasteiger partial charge >= 0.3 is 0 Å². The van der Waals surface area contributed by atoms with E-state index in [1.165, 1.54) is 0 Å². The van der Waals surface area contributed by atoms with Crippen LogP contribution in [0.25, 0.3) is 0 Å². The Balaban J connectivity index is 2.36. The molecule has 0 heterocycles. The molecular formula is C17H21NO. The van der Waals surface area contributed by atoms with E-state index >= 15 is 0 Å². The van der Waals surface area contributed by atoms with E-state index < -0.39 is 5.54 Å². The molecular weight excluding hydrogens is 234 g/mol. The first-order valence-electron chi connectivity index (χ1n) is 6.78. The maximum Gasteiger partial charge on any atom is 0.119 e. The van der Waals surface area contributed by atoms with Crippen molar-refractivity contribution >= 4 is 0 Å². The van der Waals surface area contributed by atoms with Crippen LogP contribution in [0.15, 0.2) is 54.6 Å². The molecule has 1 atom stereocenters. The van der Waals surface area contributed by atoms with Crippen LogP contribution in [0.1, 0.15) is 31.4 Å². The van der Waals surface area contributed by atoms with E-state index in [2.05, 4.69) is 31.2 Å². The summed E-state index contributed by atoms with van der Waals surface area (Å²) >= 11 is 0. The standard InChI is InChI=1S/C17H21NO/c1-3-17(18,14-8-6-5-7-9-14)15-10-12-16(13-11-15)19-4-2/h5-13H,3-4,18H2,1-2H3. The third-order valence-corrected chi connectivity index (χ3v) is 3.53. The third-order valence-electron chi connectivity index (χ3n) is 3.53. The molecule has 0 fully saturated rings.